The third kappa shape index (κ3) is 4.54. The van der Waals surface area contributed by atoms with E-state index in [4.69, 9.17) is 0 Å². The summed E-state index contributed by atoms with van der Waals surface area (Å²) in [6.45, 7) is 1.51. The van der Waals surface area contributed by atoms with Gasteiger partial charge in [-0.3, -0.25) is 9.59 Å². The van der Waals surface area contributed by atoms with Crippen LogP contribution in [0.1, 0.15) is 23.7 Å². The number of thioether (sulfide) groups is 1. The second-order valence-corrected chi connectivity index (χ2v) is 6.55. The molecule has 0 spiro atoms. The fourth-order valence-corrected chi connectivity index (χ4v) is 3.08. The predicted molar refractivity (Wildman–Crippen MR) is 99.6 cm³/mol. The van der Waals surface area contributed by atoms with Crippen LogP contribution in [0.25, 0.3) is 5.69 Å². The quantitative estimate of drug-likeness (QED) is 0.510. The second-order valence-electron chi connectivity index (χ2n) is 5.49. The van der Waals surface area contributed by atoms with Crippen molar-refractivity contribution in [2.75, 3.05) is 11.1 Å². The Labute approximate surface area is 154 Å². The summed E-state index contributed by atoms with van der Waals surface area (Å²) in [4.78, 5) is 23.3. The van der Waals surface area contributed by atoms with Gasteiger partial charge in [-0.15, -0.1) is 5.10 Å². The molecular weight excluding hydrogens is 350 g/mol. The van der Waals surface area contributed by atoms with Crippen LogP contribution >= 0.6 is 11.8 Å². The highest BCUT2D eigenvalue weighted by atomic mass is 32.2. The van der Waals surface area contributed by atoms with Gasteiger partial charge in [0.15, 0.2) is 5.78 Å². The molecule has 8 heteroatoms. The molecule has 1 aromatic heterocycles. The average Bonchev–Trinajstić information content (AvgIpc) is 3.11. The van der Waals surface area contributed by atoms with Crippen molar-refractivity contribution in [3.05, 3.63) is 60.2 Å². The lowest BCUT2D eigenvalue weighted by atomic mass is 10.1. The Morgan fingerprint density at radius 2 is 1.81 bits per heavy atom. The maximum atomic E-state index is 12.1. The first-order valence-electron chi connectivity index (χ1n) is 8.01. The van der Waals surface area contributed by atoms with Gasteiger partial charge in [-0.05, 0) is 53.7 Å². The number of nitrogens with one attached hydrogen (secondary N) is 1. The summed E-state index contributed by atoms with van der Waals surface area (Å²) < 4.78 is 1.64. The van der Waals surface area contributed by atoms with E-state index >= 15 is 0 Å². The van der Waals surface area contributed by atoms with E-state index in [0.29, 0.717) is 28.6 Å². The lowest BCUT2D eigenvalue weighted by molar-refractivity contribution is -0.115. The first kappa shape index (κ1) is 17.8. The summed E-state index contributed by atoms with van der Waals surface area (Å²) in [6, 6.07) is 16.4. The molecule has 0 saturated heterocycles. The molecule has 2 aromatic carbocycles. The molecule has 0 radical (unpaired) electrons. The number of carbonyl (C=O) groups excluding carboxylic acids is 2. The molecule has 0 aliphatic carbocycles. The molecule has 1 heterocycles. The van der Waals surface area contributed by atoms with Crippen molar-refractivity contribution in [3.63, 3.8) is 0 Å². The van der Waals surface area contributed by atoms with E-state index in [1.807, 2.05) is 30.3 Å². The molecule has 132 valence electrons. The highest BCUT2D eigenvalue weighted by molar-refractivity contribution is 7.99. The van der Waals surface area contributed by atoms with E-state index in [9.17, 15) is 9.59 Å². The van der Waals surface area contributed by atoms with Crippen molar-refractivity contribution in [1.82, 2.24) is 20.2 Å². The Balaban J connectivity index is 1.52. The number of hydrogen-bond acceptors (Lipinski definition) is 6. The van der Waals surface area contributed by atoms with Gasteiger partial charge in [-0.2, -0.15) is 4.68 Å². The number of amides is 1. The Morgan fingerprint density at radius 3 is 2.50 bits per heavy atom. The number of para-hydroxylation sites is 1. The minimum absolute atomic E-state index is 0.00425. The topological polar surface area (TPSA) is 89.8 Å². The molecular formula is C18H17N5O2S. The minimum Gasteiger partial charge on any atom is -0.326 e. The fourth-order valence-electron chi connectivity index (χ4n) is 2.25. The summed E-state index contributed by atoms with van der Waals surface area (Å²) in [5.41, 5.74) is 2.15. The fraction of sp³-hybridized carbons (Fsp3) is 0.167. The molecule has 0 atom stereocenters. The first-order valence-corrected chi connectivity index (χ1v) is 8.99. The van der Waals surface area contributed by atoms with Gasteiger partial charge in [0, 0.05) is 23.4 Å². The maximum absolute atomic E-state index is 12.1. The number of Topliss-reactive ketones (excluding diaryl/α,β-unsaturated/α-hetero) is 1. The molecule has 3 rings (SSSR count). The lowest BCUT2D eigenvalue weighted by Crippen LogP contribution is -2.12. The van der Waals surface area contributed by atoms with Crippen molar-refractivity contribution in [2.45, 2.75) is 18.5 Å². The van der Waals surface area contributed by atoms with Crippen LogP contribution < -0.4 is 5.32 Å². The zero-order valence-electron chi connectivity index (χ0n) is 14.1. The van der Waals surface area contributed by atoms with Crippen LogP contribution in [0.4, 0.5) is 5.69 Å². The summed E-state index contributed by atoms with van der Waals surface area (Å²) >= 11 is 1.42. The molecule has 26 heavy (non-hydrogen) atoms. The van der Waals surface area contributed by atoms with Gasteiger partial charge in [0.05, 0.1) is 5.69 Å². The molecule has 0 aliphatic heterocycles. The number of aromatic nitrogens is 4. The minimum atomic E-state index is -0.105. The Morgan fingerprint density at radius 1 is 1.08 bits per heavy atom. The number of carbonyl (C=O) groups is 2. The number of anilines is 1. The van der Waals surface area contributed by atoms with E-state index in [2.05, 4.69) is 20.8 Å². The van der Waals surface area contributed by atoms with Gasteiger partial charge in [-0.25, -0.2) is 0 Å². The average molecular weight is 367 g/mol. The highest BCUT2D eigenvalue weighted by Gasteiger charge is 2.10. The van der Waals surface area contributed by atoms with E-state index < -0.39 is 0 Å². The van der Waals surface area contributed by atoms with Crippen LogP contribution in [0.2, 0.25) is 0 Å². The van der Waals surface area contributed by atoms with E-state index in [0.717, 1.165) is 5.69 Å². The van der Waals surface area contributed by atoms with Crippen molar-refractivity contribution < 1.29 is 9.59 Å². The highest BCUT2D eigenvalue weighted by Crippen LogP contribution is 2.19. The number of benzene rings is 2. The molecule has 1 amide bonds. The van der Waals surface area contributed by atoms with Crippen LogP contribution in [0.5, 0.6) is 0 Å². The maximum Gasteiger partial charge on any atom is 0.225 e. The Hall–Kier alpha value is -3.00. The van der Waals surface area contributed by atoms with Gasteiger partial charge in [0.1, 0.15) is 0 Å². The number of tetrazole rings is 1. The molecule has 3 aromatic rings. The van der Waals surface area contributed by atoms with Crippen LogP contribution in [0, 0.1) is 0 Å². The van der Waals surface area contributed by atoms with Crippen molar-refractivity contribution in [1.29, 1.82) is 0 Å². The lowest BCUT2D eigenvalue weighted by Gasteiger charge is -2.06. The Kier molecular flexibility index (Phi) is 5.75. The van der Waals surface area contributed by atoms with Gasteiger partial charge in [0.2, 0.25) is 11.1 Å². The van der Waals surface area contributed by atoms with Gasteiger partial charge in [0.25, 0.3) is 0 Å². The standard InChI is InChI=1S/C18H17N5O2S/c1-13(24)14-7-9-15(10-8-14)19-17(25)11-12-26-18-20-21-22-23(18)16-5-3-2-4-6-16/h2-10H,11-12H2,1H3,(H,19,25). The van der Waals surface area contributed by atoms with Crippen molar-refractivity contribution in [2.24, 2.45) is 0 Å². The molecule has 0 fully saturated rings. The zero-order valence-corrected chi connectivity index (χ0v) is 14.9. The number of rotatable bonds is 7. The summed E-state index contributed by atoms with van der Waals surface area (Å²) in [5, 5.41) is 15.1. The smallest absolute Gasteiger partial charge is 0.225 e. The number of ketones is 1. The summed E-state index contributed by atoms with van der Waals surface area (Å²) in [5.74, 6) is 0.437. The first-order chi connectivity index (χ1) is 12.6. The number of nitrogens with zero attached hydrogens (tertiary/aromatic N) is 4. The second kappa shape index (κ2) is 8.39. The number of hydrogen-bond donors (Lipinski definition) is 1. The molecule has 1 N–H and O–H groups in total. The predicted octanol–water partition coefficient (Wildman–Crippen LogP) is 2.99. The molecule has 0 bridgehead atoms. The van der Waals surface area contributed by atoms with E-state index in [-0.39, 0.29) is 11.7 Å². The molecule has 0 aliphatic rings. The Bertz CT molecular complexity index is 893. The van der Waals surface area contributed by atoms with Crippen molar-refractivity contribution >= 4 is 29.1 Å². The SMILES string of the molecule is CC(=O)c1ccc(NC(=O)CCSc2nnnn2-c2ccccc2)cc1. The van der Waals surface area contributed by atoms with Crippen LogP contribution in [0.3, 0.4) is 0 Å². The largest absolute Gasteiger partial charge is 0.326 e. The summed E-state index contributed by atoms with van der Waals surface area (Å²) in [6.07, 6.45) is 0.320. The third-order valence-electron chi connectivity index (χ3n) is 3.58. The van der Waals surface area contributed by atoms with Crippen LogP contribution in [-0.4, -0.2) is 37.7 Å². The summed E-state index contributed by atoms with van der Waals surface area (Å²) in [7, 11) is 0. The van der Waals surface area contributed by atoms with Crippen LogP contribution in [-0.2, 0) is 4.79 Å². The molecule has 0 saturated carbocycles. The third-order valence-corrected chi connectivity index (χ3v) is 4.50. The van der Waals surface area contributed by atoms with Crippen molar-refractivity contribution in [3.8, 4) is 5.69 Å². The van der Waals surface area contributed by atoms with E-state index in [1.165, 1.54) is 18.7 Å². The monoisotopic (exact) mass is 367 g/mol. The normalized spacial score (nSPS) is 10.5. The van der Waals surface area contributed by atoms with E-state index in [1.54, 1.807) is 28.9 Å². The molecule has 0 unspecified atom stereocenters. The zero-order chi connectivity index (χ0) is 18.4. The van der Waals surface area contributed by atoms with Gasteiger partial charge < -0.3 is 5.32 Å². The van der Waals surface area contributed by atoms with Gasteiger partial charge >= 0.3 is 0 Å². The van der Waals surface area contributed by atoms with Crippen LogP contribution in [0.15, 0.2) is 59.8 Å². The molecule has 7 nitrogen and oxygen atoms in total. The van der Waals surface area contributed by atoms with Gasteiger partial charge in [-0.1, -0.05) is 30.0 Å².